The average Bonchev–Trinajstić information content (AvgIpc) is 3.49. The number of fused-ring (bicyclic) bond motifs is 1. The van der Waals surface area contributed by atoms with Gasteiger partial charge in [-0.1, -0.05) is 55.5 Å². The third-order valence-corrected chi connectivity index (χ3v) is 6.09. The van der Waals surface area contributed by atoms with Crippen LogP contribution in [0.25, 0.3) is 10.9 Å². The Morgan fingerprint density at radius 1 is 1.11 bits per heavy atom. The van der Waals surface area contributed by atoms with Crippen molar-refractivity contribution in [3.63, 3.8) is 0 Å². The number of hydrogen-bond donors (Lipinski definition) is 1. The van der Waals surface area contributed by atoms with Crippen LogP contribution in [0.4, 0.5) is 4.79 Å². The van der Waals surface area contributed by atoms with Gasteiger partial charge in [0.2, 0.25) is 5.91 Å². The van der Waals surface area contributed by atoms with Crippen LogP contribution < -0.4 is 0 Å². The lowest BCUT2D eigenvalue weighted by Crippen LogP contribution is -2.38. The Kier molecular flexibility index (Phi) is 7.14. The monoisotopic (exact) mass is 476 g/mol. The summed E-state index contributed by atoms with van der Waals surface area (Å²) in [6.07, 6.45) is 0.537. The Morgan fingerprint density at radius 2 is 1.83 bits per heavy atom. The molecule has 182 valence electrons. The normalized spacial score (nSPS) is 15.9. The summed E-state index contributed by atoms with van der Waals surface area (Å²) in [5.74, 6) is -1.03. The first-order valence-electron chi connectivity index (χ1n) is 11.4. The predicted molar refractivity (Wildman–Crippen MR) is 131 cm³/mol. The van der Waals surface area contributed by atoms with Gasteiger partial charge in [-0.25, -0.2) is 4.79 Å². The number of nitrogens with one attached hydrogen (secondary N) is 1. The van der Waals surface area contributed by atoms with Crippen molar-refractivity contribution in [3.8, 4) is 0 Å². The number of nitrogens with zero attached hydrogens (tertiary/aromatic N) is 3. The van der Waals surface area contributed by atoms with E-state index in [1.54, 1.807) is 7.05 Å². The third-order valence-electron chi connectivity index (χ3n) is 6.09. The smallest absolute Gasteiger partial charge is 0.409 e. The zero-order valence-corrected chi connectivity index (χ0v) is 19.9. The van der Waals surface area contributed by atoms with Gasteiger partial charge in [-0.3, -0.25) is 14.5 Å². The van der Waals surface area contributed by atoms with Gasteiger partial charge in [0.05, 0.1) is 0 Å². The van der Waals surface area contributed by atoms with Gasteiger partial charge in [0.15, 0.2) is 6.10 Å². The van der Waals surface area contributed by atoms with E-state index < -0.39 is 18.1 Å². The molecule has 0 saturated carbocycles. The van der Waals surface area contributed by atoms with Crippen molar-refractivity contribution < 1.29 is 23.9 Å². The molecule has 0 saturated heterocycles. The van der Waals surface area contributed by atoms with E-state index in [4.69, 9.17) is 9.47 Å². The lowest BCUT2D eigenvalue weighted by Gasteiger charge is -2.22. The number of amides is 3. The summed E-state index contributed by atoms with van der Waals surface area (Å²) in [4.78, 5) is 47.2. The quantitative estimate of drug-likeness (QED) is 0.560. The summed E-state index contributed by atoms with van der Waals surface area (Å²) in [5, 5.41) is 1.01. The van der Waals surface area contributed by atoms with Crippen molar-refractivity contribution in [2.45, 2.75) is 32.0 Å². The number of benzene rings is 2. The Hall–Kier alpha value is -4.14. The van der Waals surface area contributed by atoms with Crippen LogP contribution in [0.1, 0.15) is 30.4 Å². The van der Waals surface area contributed by atoms with Crippen LogP contribution in [0.2, 0.25) is 0 Å². The second-order valence-corrected chi connectivity index (χ2v) is 8.51. The highest BCUT2D eigenvalue weighted by molar-refractivity contribution is 6.05. The number of hydrogen-bond acceptors (Lipinski definition) is 5. The fourth-order valence-electron chi connectivity index (χ4n) is 3.91. The van der Waals surface area contributed by atoms with Crippen molar-refractivity contribution in [1.29, 1.82) is 0 Å². The lowest BCUT2D eigenvalue weighted by atomic mass is 9.94. The number of para-hydroxylation sites is 1. The molecule has 3 aromatic rings. The highest BCUT2D eigenvalue weighted by Crippen LogP contribution is 2.31. The predicted octanol–water partition coefficient (Wildman–Crippen LogP) is 3.67. The Bertz CT molecular complexity index is 1250. The molecule has 1 aromatic heterocycles. The van der Waals surface area contributed by atoms with E-state index >= 15 is 0 Å². The number of amidine groups is 1. The van der Waals surface area contributed by atoms with E-state index in [1.807, 2.05) is 67.7 Å². The summed E-state index contributed by atoms with van der Waals surface area (Å²) < 4.78 is 11.1. The molecule has 0 spiro atoms. The number of aromatic nitrogens is 1. The van der Waals surface area contributed by atoms with E-state index in [2.05, 4.69) is 9.98 Å². The standard InChI is InChI=1S/C26H28N4O5/c1-17(20-15-27-21-12-8-7-11-19(20)21)23-24(32)28-25(35-23)30(3)22(31)13-14-29(2)26(33)34-16-18-9-5-4-6-10-18/h4-12,15,17,23,27H,13-14,16H2,1-3H3/t17-,23+/m1/s1. The maximum Gasteiger partial charge on any atom is 0.409 e. The fourth-order valence-corrected chi connectivity index (χ4v) is 3.91. The van der Waals surface area contributed by atoms with E-state index in [0.717, 1.165) is 22.0 Å². The molecule has 3 amide bonds. The van der Waals surface area contributed by atoms with Gasteiger partial charge in [0.1, 0.15) is 6.61 Å². The minimum absolute atomic E-state index is 0.0205. The van der Waals surface area contributed by atoms with Crippen LogP contribution in [-0.4, -0.2) is 65.5 Å². The molecule has 9 nitrogen and oxygen atoms in total. The number of rotatable bonds is 7. The molecule has 0 unspecified atom stereocenters. The van der Waals surface area contributed by atoms with Crippen LogP contribution in [-0.2, 0) is 25.7 Å². The van der Waals surface area contributed by atoms with Crippen LogP contribution in [0, 0.1) is 0 Å². The first-order valence-corrected chi connectivity index (χ1v) is 11.4. The summed E-state index contributed by atoms with van der Waals surface area (Å²) >= 11 is 0. The molecule has 0 fully saturated rings. The van der Waals surface area contributed by atoms with Gasteiger partial charge in [-0.15, -0.1) is 0 Å². The van der Waals surface area contributed by atoms with Gasteiger partial charge in [-0.2, -0.15) is 4.99 Å². The topological polar surface area (TPSA) is 104 Å². The molecule has 0 aliphatic carbocycles. The fraction of sp³-hybridized carbons (Fsp3) is 0.308. The number of aliphatic imine (C=N–C) groups is 1. The number of ether oxygens (including phenoxy) is 2. The molecule has 9 heteroatoms. The van der Waals surface area contributed by atoms with Crippen LogP contribution in [0.5, 0.6) is 0 Å². The number of carbonyl (C=O) groups is 3. The minimum atomic E-state index is -0.824. The number of H-pyrrole nitrogens is 1. The van der Waals surface area contributed by atoms with Crippen molar-refractivity contribution in [1.82, 2.24) is 14.8 Å². The van der Waals surface area contributed by atoms with Crippen molar-refractivity contribution in [3.05, 3.63) is 71.9 Å². The molecule has 1 aliphatic rings. The molecular formula is C26H28N4O5. The summed E-state index contributed by atoms with van der Waals surface area (Å²) in [6.45, 7) is 2.20. The van der Waals surface area contributed by atoms with Gasteiger partial charge >= 0.3 is 12.1 Å². The molecule has 0 bridgehead atoms. The number of carbonyl (C=O) groups excluding carboxylic acids is 3. The Morgan fingerprint density at radius 3 is 2.60 bits per heavy atom. The van der Waals surface area contributed by atoms with Gasteiger partial charge in [0, 0.05) is 50.1 Å². The van der Waals surface area contributed by atoms with E-state index in [0.29, 0.717) is 0 Å². The summed E-state index contributed by atoms with van der Waals surface area (Å²) in [5.41, 5.74) is 2.79. The molecule has 2 atom stereocenters. The van der Waals surface area contributed by atoms with E-state index in [-0.39, 0.29) is 37.4 Å². The van der Waals surface area contributed by atoms with Gasteiger partial charge in [0.25, 0.3) is 5.91 Å². The highest BCUT2D eigenvalue weighted by atomic mass is 16.6. The Balaban J connectivity index is 1.29. The second-order valence-electron chi connectivity index (χ2n) is 8.51. The second kappa shape index (κ2) is 10.4. The van der Waals surface area contributed by atoms with Crippen molar-refractivity contribution in [2.75, 3.05) is 20.6 Å². The Labute approximate surface area is 203 Å². The summed E-state index contributed by atoms with van der Waals surface area (Å²) in [7, 11) is 3.06. The van der Waals surface area contributed by atoms with E-state index in [9.17, 15) is 14.4 Å². The molecule has 4 rings (SSSR count). The molecule has 2 heterocycles. The van der Waals surface area contributed by atoms with Crippen molar-refractivity contribution in [2.24, 2.45) is 4.99 Å². The molecule has 1 aliphatic heterocycles. The van der Waals surface area contributed by atoms with Crippen LogP contribution in [0.15, 0.2) is 65.8 Å². The SMILES string of the molecule is C[C@H](c1c[nH]c2ccccc12)[C@@H]1OC(N(C)C(=O)CCN(C)C(=O)OCc2ccccc2)=NC1=O. The average molecular weight is 477 g/mol. The first kappa shape index (κ1) is 24.0. The highest BCUT2D eigenvalue weighted by Gasteiger charge is 2.38. The number of aromatic amines is 1. The van der Waals surface area contributed by atoms with Crippen LogP contribution >= 0.6 is 0 Å². The lowest BCUT2D eigenvalue weighted by molar-refractivity contribution is -0.128. The van der Waals surface area contributed by atoms with Crippen LogP contribution in [0.3, 0.4) is 0 Å². The zero-order chi connectivity index (χ0) is 24.9. The molecular weight excluding hydrogens is 448 g/mol. The third kappa shape index (κ3) is 5.34. The molecule has 1 N–H and O–H groups in total. The summed E-state index contributed by atoms with van der Waals surface area (Å²) in [6, 6.07) is 17.1. The largest absolute Gasteiger partial charge is 0.450 e. The van der Waals surface area contributed by atoms with Crippen molar-refractivity contribution >= 4 is 34.8 Å². The van der Waals surface area contributed by atoms with E-state index in [1.165, 1.54) is 16.8 Å². The maximum atomic E-state index is 12.7. The zero-order valence-electron chi connectivity index (χ0n) is 19.9. The molecule has 35 heavy (non-hydrogen) atoms. The molecule has 2 aromatic carbocycles. The van der Waals surface area contributed by atoms with Gasteiger partial charge < -0.3 is 19.4 Å². The molecule has 0 radical (unpaired) electrons. The minimum Gasteiger partial charge on any atom is -0.450 e. The van der Waals surface area contributed by atoms with Gasteiger partial charge in [-0.05, 0) is 17.2 Å². The first-order chi connectivity index (χ1) is 16.8. The maximum absolute atomic E-state index is 12.7.